The summed E-state index contributed by atoms with van der Waals surface area (Å²) in [5.41, 5.74) is 1.29. The van der Waals surface area contributed by atoms with Crippen LogP contribution in [0.1, 0.15) is 34.1 Å². The van der Waals surface area contributed by atoms with Crippen LogP contribution < -0.4 is 5.32 Å². The highest BCUT2D eigenvalue weighted by Gasteiger charge is 2.49. The number of halogens is 2. The summed E-state index contributed by atoms with van der Waals surface area (Å²) in [6, 6.07) is 6.59. The van der Waals surface area contributed by atoms with Gasteiger partial charge in [0.2, 0.25) is 0 Å². The number of para-hydroxylation sites is 1. The summed E-state index contributed by atoms with van der Waals surface area (Å²) in [4.78, 5) is 0. The molecule has 0 radical (unpaired) electrons. The summed E-state index contributed by atoms with van der Waals surface area (Å²) in [5.74, 6) is 0.593. The Bertz CT molecular complexity index is 453. The predicted molar refractivity (Wildman–Crippen MR) is 92.2 cm³/mol. The van der Waals surface area contributed by atoms with Crippen LogP contribution in [0.3, 0.4) is 0 Å². The standard InChI is InChI=1S/C16H23Br2NO/c1-10(2)9-20-14-8-13(16(14,3)4)19-15-11(17)6-5-7-12(15)18/h5-7,10,13-14,19H,8-9H2,1-4H3. The molecule has 2 rings (SSSR count). The molecule has 1 fully saturated rings. The topological polar surface area (TPSA) is 21.3 Å². The van der Waals surface area contributed by atoms with Gasteiger partial charge in [-0.2, -0.15) is 0 Å². The minimum Gasteiger partial charge on any atom is -0.380 e. The van der Waals surface area contributed by atoms with Crippen LogP contribution in [-0.4, -0.2) is 18.8 Å². The lowest BCUT2D eigenvalue weighted by Gasteiger charge is -2.52. The third kappa shape index (κ3) is 3.40. The van der Waals surface area contributed by atoms with Gasteiger partial charge >= 0.3 is 0 Å². The van der Waals surface area contributed by atoms with Crippen LogP contribution in [0.25, 0.3) is 0 Å². The molecule has 2 unspecified atom stereocenters. The van der Waals surface area contributed by atoms with E-state index in [2.05, 4.69) is 77.0 Å². The molecule has 20 heavy (non-hydrogen) atoms. The first kappa shape index (κ1) is 16.3. The second-order valence-electron chi connectivity index (χ2n) is 6.57. The van der Waals surface area contributed by atoms with Crippen LogP contribution in [0.2, 0.25) is 0 Å². The van der Waals surface area contributed by atoms with Gasteiger partial charge < -0.3 is 10.1 Å². The molecule has 0 aliphatic heterocycles. The van der Waals surface area contributed by atoms with Crippen molar-refractivity contribution in [3.8, 4) is 0 Å². The molecule has 1 aliphatic rings. The Kier molecular flexibility index (Phi) is 5.19. The van der Waals surface area contributed by atoms with Gasteiger partial charge in [0.05, 0.1) is 11.8 Å². The summed E-state index contributed by atoms with van der Waals surface area (Å²) < 4.78 is 8.20. The molecule has 0 spiro atoms. The van der Waals surface area contributed by atoms with E-state index in [1.165, 1.54) is 0 Å². The SMILES string of the molecule is CC(C)COC1CC(Nc2c(Br)cccc2Br)C1(C)C. The normalized spacial score (nSPS) is 24.6. The Labute approximate surface area is 138 Å². The van der Waals surface area contributed by atoms with Crippen LogP contribution >= 0.6 is 31.9 Å². The average Bonchev–Trinajstić information content (AvgIpc) is 2.35. The van der Waals surface area contributed by atoms with Crippen LogP contribution in [0.4, 0.5) is 5.69 Å². The number of nitrogens with one attached hydrogen (secondary N) is 1. The minimum absolute atomic E-state index is 0.156. The van der Waals surface area contributed by atoms with E-state index in [9.17, 15) is 0 Å². The molecule has 0 heterocycles. The monoisotopic (exact) mass is 403 g/mol. The molecular weight excluding hydrogens is 382 g/mol. The number of benzene rings is 1. The van der Waals surface area contributed by atoms with Crippen LogP contribution in [-0.2, 0) is 4.74 Å². The van der Waals surface area contributed by atoms with E-state index in [-0.39, 0.29) is 5.41 Å². The first-order valence-electron chi connectivity index (χ1n) is 7.14. The van der Waals surface area contributed by atoms with Crippen molar-refractivity contribution in [1.29, 1.82) is 0 Å². The van der Waals surface area contributed by atoms with Gasteiger partial charge in [-0.05, 0) is 56.3 Å². The first-order valence-corrected chi connectivity index (χ1v) is 8.73. The van der Waals surface area contributed by atoms with Crippen molar-refractivity contribution in [2.24, 2.45) is 11.3 Å². The van der Waals surface area contributed by atoms with Gasteiger partial charge in [0.15, 0.2) is 0 Å². The minimum atomic E-state index is 0.156. The summed E-state index contributed by atoms with van der Waals surface area (Å²) in [6.45, 7) is 9.80. The fourth-order valence-corrected chi connectivity index (χ4v) is 3.76. The number of rotatable bonds is 5. The van der Waals surface area contributed by atoms with Crippen molar-refractivity contribution in [1.82, 2.24) is 0 Å². The maximum Gasteiger partial charge on any atom is 0.0665 e. The van der Waals surface area contributed by atoms with Crippen LogP contribution in [0.5, 0.6) is 0 Å². The van der Waals surface area contributed by atoms with Crippen molar-refractivity contribution in [2.75, 3.05) is 11.9 Å². The van der Waals surface area contributed by atoms with Crippen LogP contribution in [0.15, 0.2) is 27.1 Å². The smallest absolute Gasteiger partial charge is 0.0665 e. The molecule has 0 aromatic heterocycles. The molecule has 4 heteroatoms. The third-order valence-electron chi connectivity index (χ3n) is 4.09. The van der Waals surface area contributed by atoms with Crippen molar-refractivity contribution in [3.05, 3.63) is 27.1 Å². The van der Waals surface area contributed by atoms with E-state index < -0.39 is 0 Å². The van der Waals surface area contributed by atoms with E-state index >= 15 is 0 Å². The number of hydrogen-bond acceptors (Lipinski definition) is 2. The van der Waals surface area contributed by atoms with Crippen molar-refractivity contribution < 1.29 is 4.74 Å². The summed E-state index contributed by atoms with van der Waals surface area (Å²) >= 11 is 7.22. The molecule has 1 aromatic carbocycles. The number of anilines is 1. The second-order valence-corrected chi connectivity index (χ2v) is 8.28. The Balaban J connectivity index is 1.99. The highest BCUT2D eigenvalue weighted by atomic mass is 79.9. The van der Waals surface area contributed by atoms with Gasteiger partial charge in [0.1, 0.15) is 0 Å². The van der Waals surface area contributed by atoms with E-state index in [0.717, 1.165) is 27.7 Å². The van der Waals surface area contributed by atoms with Gasteiger partial charge in [-0.3, -0.25) is 0 Å². The Morgan fingerprint density at radius 2 is 1.90 bits per heavy atom. The second kappa shape index (κ2) is 6.37. The Morgan fingerprint density at radius 1 is 1.30 bits per heavy atom. The van der Waals surface area contributed by atoms with Gasteiger partial charge in [0, 0.05) is 27.0 Å². The van der Waals surface area contributed by atoms with Gasteiger partial charge in [0.25, 0.3) is 0 Å². The summed E-state index contributed by atoms with van der Waals surface area (Å²) in [6.07, 6.45) is 1.41. The fourth-order valence-electron chi connectivity index (χ4n) is 2.53. The van der Waals surface area contributed by atoms with E-state index in [4.69, 9.17) is 4.74 Å². The molecule has 1 aromatic rings. The Hall–Kier alpha value is -0.0600. The largest absolute Gasteiger partial charge is 0.380 e. The highest BCUT2D eigenvalue weighted by Crippen LogP contribution is 2.46. The first-order chi connectivity index (χ1) is 9.32. The molecule has 112 valence electrons. The van der Waals surface area contributed by atoms with E-state index in [1.807, 2.05) is 6.07 Å². The molecule has 0 amide bonds. The Morgan fingerprint density at radius 3 is 2.40 bits per heavy atom. The maximum absolute atomic E-state index is 6.02. The molecule has 1 saturated carbocycles. The summed E-state index contributed by atoms with van der Waals surface area (Å²) in [5, 5.41) is 3.65. The predicted octanol–water partition coefficient (Wildman–Crippen LogP) is 5.46. The lowest BCUT2D eigenvalue weighted by atomic mass is 9.64. The van der Waals surface area contributed by atoms with E-state index in [1.54, 1.807) is 0 Å². The highest BCUT2D eigenvalue weighted by molar-refractivity contribution is 9.11. The molecular formula is C16H23Br2NO. The number of hydrogen-bond donors (Lipinski definition) is 1. The maximum atomic E-state index is 6.02. The lowest BCUT2D eigenvalue weighted by Crippen LogP contribution is -2.58. The zero-order chi connectivity index (χ0) is 14.9. The zero-order valence-electron chi connectivity index (χ0n) is 12.5. The molecule has 2 nitrogen and oxygen atoms in total. The van der Waals surface area contributed by atoms with Gasteiger partial charge in [-0.15, -0.1) is 0 Å². The quantitative estimate of drug-likeness (QED) is 0.702. The lowest BCUT2D eigenvalue weighted by molar-refractivity contribution is -0.108. The molecule has 1 aliphatic carbocycles. The number of ether oxygens (including phenoxy) is 1. The van der Waals surface area contributed by atoms with Gasteiger partial charge in [-0.25, -0.2) is 0 Å². The van der Waals surface area contributed by atoms with Crippen molar-refractivity contribution >= 4 is 37.5 Å². The molecule has 0 saturated heterocycles. The van der Waals surface area contributed by atoms with Crippen molar-refractivity contribution in [3.63, 3.8) is 0 Å². The molecule has 0 bridgehead atoms. The molecule has 1 N–H and O–H groups in total. The van der Waals surface area contributed by atoms with Gasteiger partial charge in [-0.1, -0.05) is 33.8 Å². The average molecular weight is 405 g/mol. The zero-order valence-corrected chi connectivity index (χ0v) is 15.7. The summed E-state index contributed by atoms with van der Waals surface area (Å²) in [7, 11) is 0. The van der Waals surface area contributed by atoms with Crippen LogP contribution in [0, 0.1) is 11.3 Å². The van der Waals surface area contributed by atoms with Crippen molar-refractivity contribution in [2.45, 2.75) is 46.3 Å². The third-order valence-corrected chi connectivity index (χ3v) is 5.41. The van der Waals surface area contributed by atoms with E-state index in [0.29, 0.717) is 18.1 Å². The fraction of sp³-hybridized carbons (Fsp3) is 0.625. The molecule has 2 atom stereocenters.